The second-order valence-corrected chi connectivity index (χ2v) is 11.7. The molecule has 33 heavy (non-hydrogen) atoms. The summed E-state index contributed by atoms with van der Waals surface area (Å²) < 4.78 is 91.4. The van der Waals surface area contributed by atoms with Crippen molar-refractivity contribution in [3.63, 3.8) is 0 Å². The number of sulfonamides is 1. The first-order valence-corrected chi connectivity index (χ1v) is 13.0. The highest BCUT2D eigenvalue weighted by atomic mass is 32.2. The van der Waals surface area contributed by atoms with Gasteiger partial charge in [-0.15, -0.1) is 0 Å². The van der Waals surface area contributed by atoms with E-state index < -0.39 is 49.9 Å². The quantitative estimate of drug-likeness (QED) is 0.439. The Morgan fingerprint density at radius 2 is 1.45 bits per heavy atom. The highest BCUT2D eigenvalue weighted by Crippen LogP contribution is 2.36. The number of morpholine rings is 1. The molecule has 2 unspecified atom stereocenters. The van der Waals surface area contributed by atoms with Gasteiger partial charge in [-0.1, -0.05) is 0 Å². The first-order valence-electron chi connectivity index (χ1n) is 11.4. The minimum atomic E-state index is -3.37. The summed E-state index contributed by atoms with van der Waals surface area (Å²) in [6.45, 7) is 7.02. The van der Waals surface area contributed by atoms with Gasteiger partial charge in [0.25, 0.3) is 0 Å². The molecular formula is C22H33F4N3O3S. The number of benzene rings is 1. The minimum absolute atomic E-state index is 0.00431. The average Bonchev–Trinajstić information content (AvgIpc) is 2.72. The van der Waals surface area contributed by atoms with Crippen molar-refractivity contribution >= 4 is 21.4 Å². The zero-order valence-electron chi connectivity index (χ0n) is 19.4. The van der Waals surface area contributed by atoms with Crippen LogP contribution in [0.3, 0.4) is 0 Å². The lowest BCUT2D eigenvalue weighted by molar-refractivity contribution is -0.00566. The molecule has 0 radical (unpaired) electrons. The molecule has 1 saturated carbocycles. The number of ether oxygens (including phenoxy) is 1. The van der Waals surface area contributed by atoms with Crippen LogP contribution in [0.1, 0.15) is 53.4 Å². The van der Waals surface area contributed by atoms with Gasteiger partial charge >= 0.3 is 0 Å². The first kappa shape index (κ1) is 26.0. The van der Waals surface area contributed by atoms with Crippen LogP contribution in [0.15, 0.2) is 0 Å². The summed E-state index contributed by atoms with van der Waals surface area (Å²) in [4.78, 5) is 1.28. The molecule has 0 bridgehead atoms. The Balaban J connectivity index is 1.66. The highest BCUT2D eigenvalue weighted by Gasteiger charge is 2.33. The summed E-state index contributed by atoms with van der Waals surface area (Å²) in [6, 6.07) is -0.186. The molecule has 188 valence electrons. The second kappa shape index (κ2) is 10.4. The molecule has 2 aliphatic rings. The molecule has 2 fully saturated rings. The molecular weight excluding hydrogens is 462 g/mol. The second-order valence-electron chi connectivity index (χ2n) is 9.45. The van der Waals surface area contributed by atoms with Crippen LogP contribution < -0.4 is 14.9 Å². The van der Waals surface area contributed by atoms with Gasteiger partial charge in [-0.3, -0.25) is 0 Å². The maximum absolute atomic E-state index is 14.8. The average molecular weight is 496 g/mol. The Hall–Kier alpha value is -1.59. The number of nitrogens with zero attached hydrogens (tertiary/aromatic N) is 1. The third kappa shape index (κ3) is 5.92. The van der Waals surface area contributed by atoms with Gasteiger partial charge in [0.2, 0.25) is 10.0 Å². The molecule has 2 atom stereocenters. The molecule has 0 amide bonds. The lowest BCUT2D eigenvalue weighted by atomic mass is 9.86. The molecule has 1 aliphatic heterocycles. The van der Waals surface area contributed by atoms with E-state index in [2.05, 4.69) is 10.0 Å². The van der Waals surface area contributed by atoms with E-state index in [4.69, 9.17) is 4.74 Å². The maximum Gasteiger partial charge on any atom is 0.214 e. The van der Waals surface area contributed by atoms with Gasteiger partial charge in [0.15, 0.2) is 23.3 Å². The van der Waals surface area contributed by atoms with Crippen LogP contribution in [0, 0.1) is 29.2 Å². The fraction of sp³-hybridized carbons (Fsp3) is 0.727. The summed E-state index contributed by atoms with van der Waals surface area (Å²) in [5.41, 5.74) is -1.53. The standard InChI is InChI=1S/C22H33F4N3O3S/c1-12(2)33(30,31)28-16-7-5-15(6-8-16)9-27-21-17(23)19(25)22(20(26)18(21)24)29-10-13(3)32-14(4)11-29/h12-16,27-28H,5-11H2,1-4H3. The van der Waals surface area contributed by atoms with Crippen molar-refractivity contribution < 1.29 is 30.7 Å². The topological polar surface area (TPSA) is 70.7 Å². The zero-order chi connectivity index (χ0) is 24.5. The predicted molar refractivity (Wildman–Crippen MR) is 120 cm³/mol. The molecule has 1 aromatic rings. The number of hydrogen-bond donors (Lipinski definition) is 2. The summed E-state index contributed by atoms with van der Waals surface area (Å²) in [5, 5.41) is 2.02. The van der Waals surface area contributed by atoms with Gasteiger partial charge in [-0.05, 0) is 59.3 Å². The van der Waals surface area contributed by atoms with Crippen molar-refractivity contribution in [1.29, 1.82) is 0 Å². The van der Waals surface area contributed by atoms with E-state index >= 15 is 0 Å². The van der Waals surface area contributed by atoms with Gasteiger partial charge in [0, 0.05) is 25.7 Å². The van der Waals surface area contributed by atoms with E-state index in [9.17, 15) is 26.0 Å². The number of hydrogen-bond acceptors (Lipinski definition) is 5. The highest BCUT2D eigenvalue weighted by molar-refractivity contribution is 7.90. The monoisotopic (exact) mass is 495 g/mol. The predicted octanol–water partition coefficient (Wildman–Crippen LogP) is 4.16. The van der Waals surface area contributed by atoms with E-state index in [1.165, 1.54) is 4.90 Å². The molecule has 1 aromatic carbocycles. The third-order valence-corrected chi connectivity index (χ3v) is 8.24. The van der Waals surface area contributed by atoms with Gasteiger partial charge in [-0.2, -0.15) is 0 Å². The molecule has 11 heteroatoms. The van der Waals surface area contributed by atoms with Crippen molar-refractivity contribution in [2.75, 3.05) is 29.9 Å². The zero-order valence-corrected chi connectivity index (χ0v) is 20.2. The minimum Gasteiger partial charge on any atom is -0.380 e. The largest absolute Gasteiger partial charge is 0.380 e. The van der Waals surface area contributed by atoms with Crippen LogP contribution in [0.2, 0.25) is 0 Å². The van der Waals surface area contributed by atoms with Gasteiger partial charge in [-0.25, -0.2) is 30.7 Å². The van der Waals surface area contributed by atoms with Crippen LogP contribution in [0.4, 0.5) is 28.9 Å². The van der Waals surface area contributed by atoms with E-state index in [1.54, 1.807) is 27.7 Å². The number of halogens is 4. The fourth-order valence-electron chi connectivity index (χ4n) is 4.51. The Morgan fingerprint density at radius 1 is 0.939 bits per heavy atom. The summed E-state index contributed by atoms with van der Waals surface area (Å²) >= 11 is 0. The van der Waals surface area contributed by atoms with Crippen molar-refractivity contribution in [2.24, 2.45) is 5.92 Å². The van der Waals surface area contributed by atoms with Crippen LogP contribution >= 0.6 is 0 Å². The normalized spacial score (nSPS) is 26.6. The summed E-state index contributed by atoms with van der Waals surface area (Å²) in [5.74, 6) is -5.76. The van der Waals surface area contributed by atoms with Crippen LogP contribution in [0.25, 0.3) is 0 Å². The summed E-state index contributed by atoms with van der Waals surface area (Å²) in [6.07, 6.45) is 1.73. The van der Waals surface area contributed by atoms with E-state index in [0.717, 1.165) is 0 Å². The van der Waals surface area contributed by atoms with E-state index in [1.807, 2.05) is 0 Å². The molecule has 0 aromatic heterocycles. The maximum atomic E-state index is 14.8. The van der Waals surface area contributed by atoms with Crippen LogP contribution in [-0.2, 0) is 14.8 Å². The summed E-state index contributed by atoms with van der Waals surface area (Å²) in [7, 11) is -3.37. The molecule has 3 rings (SSSR count). The van der Waals surface area contributed by atoms with E-state index in [0.29, 0.717) is 25.7 Å². The Kier molecular flexibility index (Phi) is 8.16. The number of anilines is 2. The van der Waals surface area contributed by atoms with E-state index in [-0.39, 0.29) is 43.8 Å². The third-order valence-electron chi connectivity index (χ3n) is 6.34. The smallest absolute Gasteiger partial charge is 0.214 e. The SMILES string of the molecule is CC1CN(c2c(F)c(F)c(NCC3CCC(NS(=O)(=O)C(C)C)CC3)c(F)c2F)CC(C)O1. The molecule has 6 nitrogen and oxygen atoms in total. The molecule has 1 aliphatic carbocycles. The molecule has 2 N–H and O–H groups in total. The van der Waals surface area contributed by atoms with Crippen molar-refractivity contribution in [2.45, 2.75) is 76.9 Å². The van der Waals surface area contributed by atoms with Crippen LogP contribution in [0.5, 0.6) is 0 Å². The van der Waals surface area contributed by atoms with Crippen molar-refractivity contribution in [3.8, 4) is 0 Å². The van der Waals surface area contributed by atoms with Crippen molar-refractivity contribution in [3.05, 3.63) is 23.3 Å². The molecule has 0 spiro atoms. The Morgan fingerprint density at radius 3 is 1.94 bits per heavy atom. The van der Waals surface area contributed by atoms with Gasteiger partial charge in [0.05, 0.1) is 17.5 Å². The van der Waals surface area contributed by atoms with Gasteiger partial charge in [0.1, 0.15) is 11.4 Å². The first-order chi connectivity index (χ1) is 15.4. The lowest BCUT2D eigenvalue weighted by Crippen LogP contribution is -2.46. The Labute approximate surface area is 193 Å². The number of rotatable bonds is 7. The number of nitrogens with one attached hydrogen (secondary N) is 2. The Bertz CT molecular complexity index is 914. The molecule has 1 saturated heterocycles. The lowest BCUT2D eigenvalue weighted by Gasteiger charge is -2.37. The van der Waals surface area contributed by atoms with Crippen molar-refractivity contribution in [1.82, 2.24) is 4.72 Å². The molecule has 1 heterocycles. The van der Waals surface area contributed by atoms with Gasteiger partial charge < -0.3 is 15.0 Å². The van der Waals surface area contributed by atoms with Crippen LogP contribution in [-0.4, -0.2) is 51.6 Å². The fourth-order valence-corrected chi connectivity index (χ4v) is 5.49.